The maximum Gasteiger partial charge on any atom is 0.308 e. The van der Waals surface area contributed by atoms with Crippen LogP contribution in [-0.2, 0) is 4.79 Å². The first-order valence-electron chi connectivity index (χ1n) is 6.13. The molecule has 0 aromatic heterocycles. The fourth-order valence-corrected chi connectivity index (χ4v) is 2.35. The van der Waals surface area contributed by atoms with Gasteiger partial charge in [0.1, 0.15) is 0 Å². The van der Waals surface area contributed by atoms with Crippen LogP contribution >= 0.6 is 0 Å². The molecule has 3 atom stereocenters. The van der Waals surface area contributed by atoms with Crippen molar-refractivity contribution in [3.63, 3.8) is 0 Å². The van der Waals surface area contributed by atoms with E-state index < -0.39 is 5.97 Å². The number of rotatable bonds is 4. The van der Waals surface area contributed by atoms with Gasteiger partial charge in [-0.25, -0.2) is 0 Å². The standard InChI is InChI=1S/C14H19NO2/c1-9-4-3-5-11(8-9)10(2)15-13-7-6-12(13)14(16)17/h3-5,8,10,12-13,15H,6-7H2,1-2H3,(H,16,17)/t10-,12?,13?/m1/s1. The SMILES string of the molecule is Cc1cccc([C@@H](C)NC2CCC2C(=O)O)c1. The average molecular weight is 233 g/mol. The Morgan fingerprint density at radius 3 is 2.76 bits per heavy atom. The van der Waals surface area contributed by atoms with Crippen molar-refractivity contribution in [3.05, 3.63) is 35.4 Å². The lowest BCUT2D eigenvalue weighted by Crippen LogP contribution is -2.48. The van der Waals surface area contributed by atoms with Crippen LogP contribution in [0.1, 0.15) is 36.9 Å². The zero-order valence-electron chi connectivity index (χ0n) is 10.3. The Balaban J connectivity index is 1.98. The summed E-state index contributed by atoms with van der Waals surface area (Å²) in [4.78, 5) is 10.9. The first-order valence-corrected chi connectivity index (χ1v) is 6.13. The monoisotopic (exact) mass is 233 g/mol. The van der Waals surface area contributed by atoms with Crippen molar-refractivity contribution in [2.75, 3.05) is 0 Å². The van der Waals surface area contributed by atoms with Gasteiger partial charge in [-0.05, 0) is 32.3 Å². The topological polar surface area (TPSA) is 49.3 Å². The van der Waals surface area contributed by atoms with Gasteiger partial charge in [-0.3, -0.25) is 4.79 Å². The highest BCUT2D eigenvalue weighted by Crippen LogP contribution is 2.30. The highest BCUT2D eigenvalue weighted by atomic mass is 16.4. The highest BCUT2D eigenvalue weighted by molar-refractivity contribution is 5.72. The van der Waals surface area contributed by atoms with Crippen LogP contribution in [0.5, 0.6) is 0 Å². The van der Waals surface area contributed by atoms with Crippen LogP contribution in [-0.4, -0.2) is 17.1 Å². The Hall–Kier alpha value is -1.35. The van der Waals surface area contributed by atoms with E-state index in [1.54, 1.807) is 0 Å². The van der Waals surface area contributed by atoms with Crippen molar-refractivity contribution in [3.8, 4) is 0 Å². The molecule has 3 heteroatoms. The van der Waals surface area contributed by atoms with Crippen LogP contribution in [0.25, 0.3) is 0 Å². The number of aryl methyl sites for hydroxylation is 1. The Labute approximate surface area is 102 Å². The van der Waals surface area contributed by atoms with Gasteiger partial charge in [-0.1, -0.05) is 29.8 Å². The molecule has 2 rings (SSSR count). The van der Waals surface area contributed by atoms with Crippen LogP contribution in [0.4, 0.5) is 0 Å². The van der Waals surface area contributed by atoms with Gasteiger partial charge in [0.15, 0.2) is 0 Å². The summed E-state index contributed by atoms with van der Waals surface area (Å²) in [5.41, 5.74) is 2.46. The molecule has 0 radical (unpaired) electrons. The van der Waals surface area contributed by atoms with Gasteiger partial charge in [0, 0.05) is 12.1 Å². The summed E-state index contributed by atoms with van der Waals surface area (Å²) < 4.78 is 0. The van der Waals surface area contributed by atoms with Gasteiger partial charge >= 0.3 is 5.97 Å². The van der Waals surface area contributed by atoms with Gasteiger partial charge in [0.25, 0.3) is 0 Å². The summed E-state index contributed by atoms with van der Waals surface area (Å²) in [6.07, 6.45) is 1.76. The highest BCUT2D eigenvalue weighted by Gasteiger charge is 2.37. The molecule has 0 amide bonds. The van der Waals surface area contributed by atoms with Gasteiger partial charge in [0.2, 0.25) is 0 Å². The molecule has 0 saturated heterocycles. The first-order chi connectivity index (χ1) is 8.08. The number of benzene rings is 1. The fourth-order valence-electron chi connectivity index (χ4n) is 2.35. The molecule has 17 heavy (non-hydrogen) atoms. The minimum absolute atomic E-state index is 0.128. The lowest BCUT2D eigenvalue weighted by atomic mass is 9.79. The largest absolute Gasteiger partial charge is 0.481 e. The van der Waals surface area contributed by atoms with E-state index in [0.717, 1.165) is 12.8 Å². The molecular formula is C14H19NO2. The van der Waals surface area contributed by atoms with E-state index in [2.05, 4.69) is 37.4 Å². The van der Waals surface area contributed by atoms with Crippen molar-refractivity contribution in [2.45, 2.75) is 38.8 Å². The van der Waals surface area contributed by atoms with Crippen molar-refractivity contribution in [1.29, 1.82) is 0 Å². The van der Waals surface area contributed by atoms with Gasteiger partial charge < -0.3 is 10.4 Å². The summed E-state index contributed by atoms with van der Waals surface area (Å²) in [7, 11) is 0. The van der Waals surface area contributed by atoms with Crippen molar-refractivity contribution >= 4 is 5.97 Å². The molecule has 0 bridgehead atoms. The van der Waals surface area contributed by atoms with Gasteiger partial charge in [0.05, 0.1) is 5.92 Å². The zero-order valence-corrected chi connectivity index (χ0v) is 10.3. The molecular weight excluding hydrogens is 214 g/mol. The van der Waals surface area contributed by atoms with Crippen LogP contribution in [0, 0.1) is 12.8 Å². The van der Waals surface area contributed by atoms with Crippen LogP contribution in [0.2, 0.25) is 0 Å². The lowest BCUT2D eigenvalue weighted by Gasteiger charge is -2.36. The predicted molar refractivity (Wildman–Crippen MR) is 66.9 cm³/mol. The Bertz CT molecular complexity index is 416. The summed E-state index contributed by atoms with van der Waals surface area (Å²) in [5.74, 6) is -0.882. The van der Waals surface area contributed by atoms with Crippen LogP contribution < -0.4 is 5.32 Å². The summed E-state index contributed by atoms with van der Waals surface area (Å²) in [5, 5.41) is 12.4. The van der Waals surface area contributed by atoms with E-state index in [-0.39, 0.29) is 18.0 Å². The maximum absolute atomic E-state index is 10.9. The molecule has 2 N–H and O–H groups in total. The molecule has 2 unspecified atom stereocenters. The van der Waals surface area contributed by atoms with E-state index in [4.69, 9.17) is 5.11 Å². The van der Waals surface area contributed by atoms with Crippen LogP contribution in [0.15, 0.2) is 24.3 Å². The Morgan fingerprint density at radius 1 is 1.47 bits per heavy atom. The number of hydrogen-bond acceptors (Lipinski definition) is 2. The summed E-state index contributed by atoms with van der Waals surface area (Å²) in [6, 6.07) is 8.67. The van der Waals surface area contributed by atoms with Crippen molar-refractivity contribution in [1.82, 2.24) is 5.32 Å². The minimum Gasteiger partial charge on any atom is -0.481 e. The van der Waals surface area contributed by atoms with E-state index in [1.807, 2.05) is 6.07 Å². The molecule has 92 valence electrons. The molecule has 0 heterocycles. The molecule has 0 aliphatic heterocycles. The number of aliphatic carboxylic acids is 1. The molecule has 1 aliphatic rings. The molecule has 1 aliphatic carbocycles. The van der Waals surface area contributed by atoms with Crippen molar-refractivity contribution < 1.29 is 9.90 Å². The molecule has 0 spiro atoms. The van der Waals surface area contributed by atoms with E-state index in [1.165, 1.54) is 11.1 Å². The lowest BCUT2D eigenvalue weighted by molar-refractivity contribution is -0.146. The average Bonchev–Trinajstić information content (AvgIpc) is 2.23. The first kappa shape index (κ1) is 12.1. The minimum atomic E-state index is -0.676. The number of carboxylic acid groups (broad SMARTS) is 1. The van der Waals surface area contributed by atoms with Gasteiger partial charge in [-0.15, -0.1) is 0 Å². The summed E-state index contributed by atoms with van der Waals surface area (Å²) in [6.45, 7) is 4.16. The molecule has 1 aromatic carbocycles. The van der Waals surface area contributed by atoms with E-state index in [0.29, 0.717) is 0 Å². The van der Waals surface area contributed by atoms with Crippen molar-refractivity contribution in [2.24, 2.45) is 5.92 Å². The third kappa shape index (κ3) is 2.67. The number of carboxylic acids is 1. The third-order valence-corrected chi connectivity index (χ3v) is 3.60. The number of carbonyl (C=O) groups is 1. The molecule has 1 fully saturated rings. The maximum atomic E-state index is 10.9. The van der Waals surface area contributed by atoms with Crippen LogP contribution in [0.3, 0.4) is 0 Å². The molecule has 3 nitrogen and oxygen atoms in total. The zero-order chi connectivity index (χ0) is 12.4. The fraction of sp³-hybridized carbons (Fsp3) is 0.500. The third-order valence-electron chi connectivity index (χ3n) is 3.60. The number of nitrogens with one attached hydrogen (secondary N) is 1. The molecule has 1 saturated carbocycles. The van der Waals surface area contributed by atoms with E-state index >= 15 is 0 Å². The number of hydrogen-bond donors (Lipinski definition) is 2. The second-order valence-electron chi connectivity index (χ2n) is 4.93. The van der Waals surface area contributed by atoms with E-state index in [9.17, 15) is 4.79 Å². The summed E-state index contributed by atoms with van der Waals surface area (Å²) >= 11 is 0. The Kier molecular flexibility index (Phi) is 3.48. The van der Waals surface area contributed by atoms with Gasteiger partial charge in [-0.2, -0.15) is 0 Å². The normalized spacial score (nSPS) is 25.1. The Morgan fingerprint density at radius 2 is 2.24 bits per heavy atom. The smallest absolute Gasteiger partial charge is 0.308 e. The predicted octanol–water partition coefficient (Wildman–Crippen LogP) is 2.51. The molecule has 1 aromatic rings. The quantitative estimate of drug-likeness (QED) is 0.840. The second-order valence-corrected chi connectivity index (χ2v) is 4.93. The second kappa shape index (κ2) is 4.88.